The van der Waals surface area contributed by atoms with Gasteiger partial charge in [-0.25, -0.2) is 9.91 Å². The van der Waals surface area contributed by atoms with E-state index in [-0.39, 0.29) is 24.4 Å². The second-order valence-electron chi connectivity index (χ2n) is 11.6. The highest BCUT2D eigenvalue weighted by atomic mass is 79.9. The molecule has 4 atom stereocenters. The minimum Gasteiger partial charge on any atom is -0.497 e. The van der Waals surface area contributed by atoms with Crippen LogP contribution < -0.4 is 14.4 Å². The third-order valence-corrected chi connectivity index (χ3v) is 9.39. The minimum atomic E-state index is -1.01. The lowest BCUT2D eigenvalue weighted by Crippen LogP contribution is -2.45. The fourth-order valence-corrected chi connectivity index (χ4v) is 7.06. The van der Waals surface area contributed by atoms with Crippen LogP contribution in [-0.4, -0.2) is 66.3 Å². The molecule has 0 unspecified atom stereocenters. The van der Waals surface area contributed by atoms with Crippen molar-refractivity contribution in [2.24, 2.45) is 21.4 Å². The summed E-state index contributed by atoms with van der Waals surface area (Å²) in [7, 11) is 3.25. The number of benzene rings is 3. The third kappa shape index (κ3) is 5.26. The number of nitrogens with zero attached hydrogens (tertiary/aromatic N) is 6. The zero-order chi connectivity index (χ0) is 31.9. The number of allylic oxidation sites excluding steroid dienone is 1. The molecule has 3 aromatic rings. The Kier molecular flexibility index (Phi) is 7.89. The molecule has 3 aliphatic heterocycles. The number of carbonyl (C=O) groups excluding carboxylic acids is 3. The van der Waals surface area contributed by atoms with Crippen LogP contribution in [0.2, 0.25) is 0 Å². The highest BCUT2D eigenvalue weighted by molar-refractivity contribution is 9.10. The van der Waals surface area contributed by atoms with Gasteiger partial charge in [0.15, 0.2) is 12.1 Å². The summed E-state index contributed by atoms with van der Waals surface area (Å²) < 4.78 is 11.4. The molecule has 12 heteroatoms. The van der Waals surface area contributed by atoms with Gasteiger partial charge in [-0.2, -0.15) is 10.2 Å². The summed E-state index contributed by atoms with van der Waals surface area (Å²) in [5.74, 6) is 0.194. The fourth-order valence-electron chi connectivity index (χ4n) is 6.68. The van der Waals surface area contributed by atoms with Crippen LogP contribution in [0.5, 0.6) is 11.5 Å². The number of imide groups is 1. The zero-order valence-electron chi connectivity index (χ0n) is 25.2. The Hall–Kier alpha value is -4.84. The van der Waals surface area contributed by atoms with Crippen molar-refractivity contribution in [1.82, 2.24) is 10.0 Å². The average Bonchev–Trinajstić information content (AvgIpc) is 3.74. The van der Waals surface area contributed by atoms with E-state index in [0.717, 1.165) is 56.8 Å². The van der Waals surface area contributed by atoms with E-state index < -0.39 is 23.9 Å². The number of methoxy groups -OCH3 is 2. The zero-order valence-corrected chi connectivity index (χ0v) is 26.8. The van der Waals surface area contributed by atoms with Crippen molar-refractivity contribution in [2.75, 3.05) is 25.7 Å². The van der Waals surface area contributed by atoms with Gasteiger partial charge in [0.2, 0.25) is 0 Å². The number of carbonyl (C=O) groups is 3. The normalized spacial score (nSPS) is 24.4. The summed E-state index contributed by atoms with van der Waals surface area (Å²) >= 11 is 3.40. The van der Waals surface area contributed by atoms with Gasteiger partial charge in [0, 0.05) is 10.4 Å². The van der Waals surface area contributed by atoms with Crippen molar-refractivity contribution >= 4 is 51.1 Å². The van der Waals surface area contributed by atoms with Crippen LogP contribution in [0.15, 0.2) is 98.3 Å². The molecular weight excluding hydrogens is 652 g/mol. The fraction of sp³-hybridized carbons (Fsp3) is 0.294. The van der Waals surface area contributed by atoms with E-state index >= 15 is 0 Å². The third-order valence-electron chi connectivity index (χ3n) is 8.89. The van der Waals surface area contributed by atoms with Gasteiger partial charge in [-0.1, -0.05) is 51.5 Å². The summed E-state index contributed by atoms with van der Waals surface area (Å²) in [5, 5.41) is 16.1. The first kappa shape index (κ1) is 29.8. The van der Waals surface area contributed by atoms with Gasteiger partial charge < -0.3 is 9.47 Å². The van der Waals surface area contributed by atoms with Crippen molar-refractivity contribution in [3.8, 4) is 11.5 Å². The maximum absolute atomic E-state index is 14.2. The van der Waals surface area contributed by atoms with E-state index in [1.54, 1.807) is 32.4 Å². The molecule has 1 saturated carbocycles. The Balaban J connectivity index is 1.19. The first-order valence-corrected chi connectivity index (χ1v) is 15.9. The number of amides is 3. The molecule has 46 heavy (non-hydrogen) atoms. The Labute approximate surface area is 274 Å². The number of anilines is 1. The molecule has 3 amide bonds. The lowest BCUT2D eigenvalue weighted by Gasteiger charge is -2.30. The smallest absolute Gasteiger partial charge is 0.264 e. The standard InChI is InChI=1S/C34H31BrN6O5/c1-45-25-13-9-20(10-14-25)17-22-5-3-8-27-29(22)37-41(31(27)21-11-15-26(46-2)16-12-21)28(42)19-39-32-30(36-38-39)33(43)40(34(32)44)24-7-4-6-23(35)18-24/h4,6-7,9-18,27,30-32H,3,5,8,19H2,1-2H3/b22-17+/t27-,30+,31+,32+/m1/s1. The molecule has 0 N–H and O–H groups in total. The number of hydrogen-bond donors (Lipinski definition) is 0. The van der Waals surface area contributed by atoms with Gasteiger partial charge in [-0.3, -0.25) is 19.4 Å². The highest BCUT2D eigenvalue weighted by Gasteiger charge is 2.55. The Morgan fingerprint density at radius 3 is 2.37 bits per heavy atom. The average molecular weight is 684 g/mol. The predicted molar refractivity (Wildman–Crippen MR) is 174 cm³/mol. The van der Waals surface area contributed by atoms with Crippen molar-refractivity contribution < 1.29 is 23.9 Å². The van der Waals surface area contributed by atoms with Crippen molar-refractivity contribution in [3.63, 3.8) is 0 Å². The summed E-state index contributed by atoms with van der Waals surface area (Å²) in [5.41, 5.74) is 4.35. The molecule has 0 radical (unpaired) electrons. The monoisotopic (exact) mass is 682 g/mol. The topological polar surface area (TPSA) is 116 Å². The quantitative estimate of drug-likeness (QED) is 0.300. The SMILES string of the molecule is COc1ccc(/C=C2\CCC[C@@H]3C2=NN(C(=O)CN2N=N[C@@H]4C(=O)N(c5cccc(Br)c5)C(=O)[C@H]42)[C@H]3c2ccc(OC)cc2)cc1. The van der Waals surface area contributed by atoms with Crippen molar-refractivity contribution in [1.29, 1.82) is 0 Å². The van der Waals surface area contributed by atoms with Crippen LogP contribution >= 0.6 is 15.9 Å². The van der Waals surface area contributed by atoms with Crippen LogP contribution in [0, 0.1) is 5.92 Å². The second-order valence-corrected chi connectivity index (χ2v) is 12.5. The maximum atomic E-state index is 14.2. The molecule has 1 aliphatic carbocycles. The molecule has 234 valence electrons. The van der Waals surface area contributed by atoms with Gasteiger partial charge in [0.25, 0.3) is 17.7 Å². The molecule has 3 aromatic carbocycles. The van der Waals surface area contributed by atoms with Gasteiger partial charge in [-0.15, -0.1) is 0 Å². The molecule has 0 spiro atoms. The van der Waals surface area contributed by atoms with E-state index in [1.807, 2.05) is 54.6 Å². The van der Waals surface area contributed by atoms with E-state index in [0.29, 0.717) is 11.4 Å². The first-order chi connectivity index (χ1) is 22.4. The van der Waals surface area contributed by atoms with Gasteiger partial charge in [0.1, 0.15) is 18.0 Å². The van der Waals surface area contributed by atoms with Crippen LogP contribution in [0.4, 0.5) is 5.69 Å². The Morgan fingerprint density at radius 1 is 0.957 bits per heavy atom. The summed E-state index contributed by atoms with van der Waals surface area (Å²) in [6.07, 6.45) is 4.78. The van der Waals surface area contributed by atoms with Gasteiger partial charge in [-0.05, 0) is 84.5 Å². The number of hydrogen-bond acceptors (Lipinski definition) is 9. The molecule has 0 bridgehead atoms. The van der Waals surface area contributed by atoms with Gasteiger partial charge in [0.05, 0.1) is 31.7 Å². The van der Waals surface area contributed by atoms with E-state index in [4.69, 9.17) is 14.6 Å². The number of halogens is 1. The summed E-state index contributed by atoms with van der Waals surface area (Å²) in [4.78, 5) is 42.1. The minimum absolute atomic E-state index is 0.0229. The van der Waals surface area contributed by atoms with Gasteiger partial charge >= 0.3 is 0 Å². The highest BCUT2D eigenvalue weighted by Crippen LogP contribution is 2.45. The summed E-state index contributed by atoms with van der Waals surface area (Å²) in [6, 6.07) is 20.1. The second kappa shape index (κ2) is 12.2. The molecule has 1 saturated heterocycles. The van der Waals surface area contributed by atoms with E-state index in [9.17, 15) is 14.4 Å². The van der Waals surface area contributed by atoms with Crippen LogP contribution in [-0.2, 0) is 14.4 Å². The first-order valence-electron chi connectivity index (χ1n) is 15.1. The van der Waals surface area contributed by atoms with Crippen LogP contribution in [0.1, 0.15) is 36.4 Å². The number of ether oxygens (including phenoxy) is 2. The van der Waals surface area contributed by atoms with E-state index in [2.05, 4.69) is 32.3 Å². The lowest BCUT2D eigenvalue weighted by molar-refractivity contribution is -0.136. The summed E-state index contributed by atoms with van der Waals surface area (Å²) in [6.45, 7) is -0.260. The lowest BCUT2D eigenvalue weighted by atomic mass is 9.77. The molecular formula is C34H31BrN6O5. The maximum Gasteiger partial charge on any atom is 0.264 e. The Bertz CT molecular complexity index is 1790. The van der Waals surface area contributed by atoms with Crippen LogP contribution in [0.25, 0.3) is 6.08 Å². The van der Waals surface area contributed by atoms with E-state index in [1.165, 1.54) is 10.0 Å². The van der Waals surface area contributed by atoms with Crippen LogP contribution in [0.3, 0.4) is 0 Å². The molecule has 7 rings (SSSR count). The molecule has 11 nitrogen and oxygen atoms in total. The molecule has 3 heterocycles. The molecule has 0 aromatic heterocycles. The molecule has 2 fully saturated rings. The largest absolute Gasteiger partial charge is 0.497 e. The Morgan fingerprint density at radius 2 is 1.67 bits per heavy atom. The predicted octanol–water partition coefficient (Wildman–Crippen LogP) is 5.58. The number of hydrazone groups is 1. The number of fused-ring (bicyclic) bond motifs is 2. The van der Waals surface area contributed by atoms with Crippen molar-refractivity contribution in [3.05, 3.63) is 94.0 Å². The molecule has 4 aliphatic rings. The number of rotatable bonds is 7. The van der Waals surface area contributed by atoms with Crippen molar-refractivity contribution in [2.45, 2.75) is 37.4 Å².